The molecule has 2 aliphatic rings. The lowest BCUT2D eigenvalue weighted by Crippen LogP contribution is -2.44. The summed E-state index contributed by atoms with van der Waals surface area (Å²) < 4.78 is 0. The minimum Gasteiger partial charge on any atom is -0.390 e. The van der Waals surface area contributed by atoms with Gasteiger partial charge in [-0.1, -0.05) is 19.3 Å². The van der Waals surface area contributed by atoms with Crippen molar-refractivity contribution in [3.05, 3.63) is 0 Å². The van der Waals surface area contributed by atoms with E-state index in [1.54, 1.807) is 0 Å². The highest BCUT2D eigenvalue weighted by atomic mass is 16.3. The summed E-state index contributed by atoms with van der Waals surface area (Å²) in [4.78, 5) is 2.48. The Labute approximate surface area is 119 Å². The second-order valence-electron chi connectivity index (χ2n) is 7.81. The Morgan fingerprint density at radius 1 is 1.11 bits per heavy atom. The number of likely N-dealkylation sites (tertiary alicyclic amines) is 1. The predicted octanol–water partition coefficient (Wildman–Crippen LogP) is 3.83. The van der Waals surface area contributed by atoms with Crippen LogP contribution in [0.15, 0.2) is 0 Å². The molecule has 1 saturated heterocycles. The van der Waals surface area contributed by atoms with Gasteiger partial charge in [0.15, 0.2) is 0 Å². The minimum absolute atomic E-state index is 0.495. The third-order valence-electron chi connectivity index (χ3n) is 5.69. The van der Waals surface area contributed by atoms with Crippen LogP contribution in [-0.4, -0.2) is 35.7 Å². The molecular formula is C17H33NO. The van der Waals surface area contributed by atoms with E-state index in [1.165, 1.54) is 64.5 Å². The molecule has 112 valence electrons. The average molecular weight is 267 g/mol. The molecule has 0 unspecified atom stereocenters. The van der Waals surface area contributed by atoms with Gasteiger partial charge in [0, 0.05) is 0 Å². The first-order valence-corrected chi connectivity index (χ1v) is 8.32. The zero-order valence-electron chi connectivity index (χ0n) is 13.2. The van der Waals surface area contributed by atoms with Crippen LogP contribution in [0.5, 0.6) is 0 Å². The average Bonchev–Trinajstić information content (AvgIpc) is 2.39. The lowest BCUT2D eigenvalue weighted by atomic mass is 9.61. The second kappa shape index (κ2) is 6.13. The first-order valence-electron chi connectivity index (χ1n) is 8.32. The molecule has 0 aromatic carbocycles. The number of rotatable bonds is 4. The van der Waals surface area contributed by atoms with Crippen LogP contribution in [0, 0.1) is 11.3 Å². The SMILES string of the molecule is CN1CCC(CCC(C)(C)O)(C2CCCCC2)CC1. The van der Waals surface area contributed by atoms with Crippen molar-refractivity contribution in [3.8, 4) is 0 Å². The Kier molecular flexibility index (Phi) is 4.94. The van der Waals surface area contributed by atoms with Crippen molar-refractivity contribution >= 4 is 0 Å². The smallest absolute Gasteiger partial charge is 0.0592 e. The van der Waals surface area contributed by atoms with Gasteiger partial charge in [0.2, 0.25) is 0 Å². The molecule has 1 N–H and O–H groups in total. The summed E-state index contributed by atoms with van der Waals surface area (Å²) in [5.74, 6) is 0.928. The highest BCUT2D eigenvalue weighted by Gasteiger charge is 2.41. The lowest BCUT2D eigenvalue weighted by Gasteiger charge is -2.48. The maximum Gasteiger partial charge on any atom is 0.0592 e. The molecule has 0 bridgehead atoms. The van der Waals surface area contributed by atoms with Crippen LogP contribution < -0.4 is 0 Å². The van der Waals surface area contributed by atoms with Gasteiger partial charge in [-0.15, -0.1) is 0 Å². The fourth-order valence-corrected chi connectivity index (χ4v) is 4.20. The molecule has 19 heavy (non-hydrogen) atoms. The molecule has 2 rings (SSSR count). The summed E-state index contributed by atoms with van der Waals surface area (Å²) in [6, 6.07) is 0. The maximum atomic E-state index is 10.1. The molecule has 2 fully saturated rings. The number of hydrogen-bond acceptors (Lipinski definition) is 2. The van der Waals surface area contributed by atoms with Gasteiger partial charge in [0.25, 0.3) is 0 Å². The van der Waals surface area contributed by atoms with E-state index in [4.69, 9.17) is 0 Å². The molecule has 0 atom stereocenters. The van der Waals surface area contributed by atoms with E-state index in [0.717, 1.165) is 12.3 Å². The summed E-state index contributed by atoms with van der Waals surface area (Å²) in [6.07, 6.45) is 12.1. The standard InChI is InChI=1S/C17H33NO/c1-16(2,19)9-10-17(11-13-18(3)14-12-17)15-7-5-4-6-8-15/h15,19H,4-14H2,1-3H3. The van der Waals surface area contributed by atoms with Crippen molar-refractivity contribution < 1.29 is 5.11 Å². The first-order chi connectivity index (χ1) is 8.91. The van der Waals surface area contributed by atoms with E-state index in [2.05, 4.69) is 11.9 Å². The van der Waals surface area contributed by atoms with Gasteiger partial charge in [-0.3, -0.25) is 0 Å². The Morgan fingerprint density at radius 3 is 2.21 bits per heavy atom. The fourth-order valence-electron chi connectivity index (χ4n) is 4.20. The molecule has 2 heteroatoms. The van der Waals surface area contributed by atoms with Gasteiger partial charge in [0.05, 0.1) is 5.60 Å². The molecule has 0 amide bonds. The van der Waals surface area contributed by atoms with E-state index in [1.807, 2.05) is 13.8 Å². The van der Waals surface area contributed by atoms with E-state index in [-0.39, 0.29) is 0 Å². The van der Waals surface area contributed by atoms with Crippen LogP contribution in [0.3, 0.4) is 0 Å². The molecule has 0 aromatic rings. The molecule has 0 radical (unpaired) electrons. The lowest BCUT2D eigenvalue weighted by molar-refractivity contribution is -0.00409. The molecular weight excluding hydrogens is 234 g/mol. The number of piperidine rings is 1. The first kappa shape index (κ1) is 15.3. The Morgan fingerprint density at radius 2 is 1.68 bits per heavy atom. The van der Waals surface area contributed by atoms with E-state index in [9.17, 15) is 5.11 Å². The molecule has 0 spiro atoms. The quantitative estimate of drug-likeness (QED) is 0.837. The van der Waals surface area contributed by atoms with Crippen LogP contribution in [-0.2, 0) is 0 Å². The van der Waals surface area contributed by atoms with E-state index < -0.39 is 5.60 Å². The van der Waals surface area contributed by atoms with Crippen molar-refractivity contribution in [3.63, 3.8) is 0 Å². The van der Waals surface area contributed by atoms with E-state index >= 15 is 0 Å². The van der Waals surface area contributed by atoms with Gasteiger partial charge < -0.3 is 10.0 Å². The topological polar surface area (TPSA) is 23.5 Å². The van der Waals surface area contributed by atoms with Crippen molar-refractivity contribution in [1.82, 2.24) is 4.90 Å². The summed E-state index contributed by atoms with van der Waals surface area (Å²) in [6.45, 7) is 6.44. The summed E-state index contributed by atoms with van der Waals surface area (Å²) in [7, 11) is 2.25. The number of hydrogen-bond donors (Lipinski definition) is 1. The van der Waals surface area contributed by atoms with Crippen LogP contribution in [0.2, 0.25) is 0 Å². The summed E-state index contributed by atoms with van der Waals surface area (Å²) in [5.41, 5.74) is 0.0396. The minimum atomic E-state index is -0.495. The predicted molar refractivity (Wildman–Crippen MR) is 81.3 cm³/mol. The fraction of sp³-hybridized carbons (Fsp3) is 1.00. The highest BCUT2D eigenvalue weighted by Crippen LogP contribution is 2.49. The summed E-state index contributed by atoms with van der Waals surface area (Å²) >= 11 is 0. The molecule has 1 aliphatic carbocycles. The van der Waals surface area contributed by atoms with Crippen molar-refractivity contribution in [1.29, 1.82) is 0 Å². The van der Waals surface area contributed by atoms with Crippen LogP contribution in [0.25, 0.3) is 0 Å². The Balaban J connectivity index is 2.03. The Hall–Kier alpha value is -0.0800. The van der Waals surface area contributed by atoms with Crippen LogP contribution in [0.1, 0.15) is 71.6 Å². The highest BCUT2D eigenvalue weighted by molar-refractivity contribution is 4.93. The van der Waals surface area contributed by atoms with Gasteiger partial charge in [-0.25, -0.2) is 0 Å². The van der Waals surface area contributed by atoms with Gasteiger partial charge >= 0.3 is 0 Å². The maximum absolute atomic E-state index is 10.1. The molecule has 1 aliphatic heterocycles. The van der Waals surface area contributed by atoms with Crippen LogP contribution in [0.4, 0.5) is 0 Å². The zero-order valence-corrected chi connectivity index (χ0v) is 13.2. The molecule has 2 nitrogen and oxygen atoms in total. The van der Waals surface area contributed by atoms with Crippen LogP contribution >= 0.6 is 0 Å². The monoisotopic (exact) mass is 267 g/mol. The molecule has 1 heterocycles. The van der Waals surface area contributed by atoms with Crippen molar-refractivity contribution in [2.45, 2.75) is 77.2 Å². The van der Waals surface area contributed by atoms with E-state index in [0.29, 0.717) is 5.41 Å². The number of nitrogens with zero attached hydrogens (tertiary/aromatic N) is 1. The normalized spacial score (nSPS) is 26.5. The van der Waals surface area contributed by atoms with Gasteiger partial charge in [0.1, 0.15) is 0 Å². The third-order valence-corrected chi connectivity index (χ3v) is 5.69. The summed E-state index contributed by atoms with van der Waals surface area (Å²) in [5, 5.41) is 10.1. The van der Waals surface area contributed by atoms with Crippen molar-refractivity contribution in [2.24, 2.45) is 11.3 Å². The Bertz CT molecular complexity index is 267. The van der Waals surface area contributed by atoms with Crippen molar-refractivity contribution in [2.75, 3.05) is 20.1 Å². The largest absolute Gasteiger partial charge is 0.390 e. The number of aliphatic hydroxyl groups is 1. The molecule has 1 saturated carbocycles. The zero-order chi connectivity index (χ0) is 13.9. The third kappa shape index (κ3) is 4.19. The van der Waals surface area contributed by atoms with Gasteiger partial charge in [-0.05, 0) is 83.8 Å². The second-order valence-corrected chi connectivity index (χ2v) is 7.81. The molecule has 0 aromatic heterocycles. The van der Waals surface area contributed by atoms with Gasteiger partial charge in [-0.2, -0.15) is 0 Å².